The molecule has 2 unspecified atom stereocenters. The topological polar surface area (TPSA) is 0 Å². The average Bonchev–Trinajstić information content (AvgIpc) is 2.50. The fourth-order valence-electron chi connectivity index (χ4n) is 7.43. The molecule has 0 nitrogen and oxygen atoms in total. The van der Waals surface area contributed by atoms with Gasteiger partial charge in [-0.15, -0.1) is 0 Å². The summed E-state index contributed by atoms with van der Waals surface area (Å²) in [6.45, 7) is 0. The Balaban J connectivity index is 1.47. The van der Waals surface area contributed by atoms with E-state index < -0.39 is 0 Å². The molecule has 6 aliphatic carbocycles. The first-order valence-electron chi connectivity index (χ1n) is 11.9. The van der Waals surface area contributed by atoms with Gasteiger partial charge in [0.25, 0.3) is 0 Å². The van der Waals surface area contributed by atoms with Gasteiger partial charge >= 0.3 is 0 Å². The largest absolute Gasteiger partial charge is 0.0528 e. The van der Waals surface area contributed by atoms with Gasteiger partial charge in [-0.25, -0.2) is 0 Å². The third-order valence-electron chi connectivity index (χ3n) is 8.77. The van der Waals surface area contributed by atoms with Crippen LogP contribution >= 0.6 is 0 Å². The van der Waals surface area contributed by atoms with Gasteiger partial charge in [0.1, 0.15) is 0 Å². The van der Waals surface area contributed by atoms with Crippen LogP contribution in [0.3, 0.4) is 0 Å². The molecular formula is C24H42. The Kier molecular flexibility index (Phi) is 6.23. The fourth-order valence-corrected chi connectivity index (χ4v) is 7.43. The first-order valence-corrected chi connectivity index (χ1v) is 11.9. The SMILES string of the molecule is C1CC2CCCC(C1)CC(C1CCC3CCCC1CCC3)CCC2. The van der Waals surface area contributed by atoms with E-state index in [1.165, 1.54) is 0 Å². The molecule has 0 aromatic heterocycles. The first kappa shape index (κ1) is 17.4. The van der Waals surface area contributed by atoms with Gasteiger partial charge in [0.15, 0.2) is 0 Å². The summed E-state index contributed by atoms with van der Waals surface area (Å²) in [7, 11) is 0. The molecule has 0 radical (unpaired) electrons. The minimum Gasteiger partial charge on any atom is -0.0528 e. The maximum atomic E-state index is 1.62. The highest BCUT2D eigenvalue weighted by atomic mass is 14.4. The van der Waals surface area contributed by atoms with Crippen molar-refractivity contribution in [2.75, 3.05) is 0 Å². The second kappa shape index (κ2) is 8.59. The molecule has 0 aromatic carbocycles. The van der Waals surface area contributed by atoms with Crippen LogP contribution in [0.4, 0.5) is 0 Å². The van der Waals surface area contributed by atoms with Crippen molar-refractivity contribution in [2.24, 2.45) is 35.5 Å². The highest BCUT2D eigenvalue weighted by Gasteiger charge is 2.35. The van der Waals surface area contributed by atoms with E-state index in [0.717, 1.165) is 35.5 Å². The molecule has 2 atom stereocenters. The van der Waals surface area contributed by atoms with Crippen LogP contribution in [0.25, 0.3) is 0 Å². The molecule has 6 rings (SSSR count). The molecule has 138 valence electrons. The first-order chi connectivity index (χ1) is 11.9. The van der Waals surface area contributed by atoms with Gasteiger partial charge in [-0.3, -0.25) is 0 Å². The summed E-state index contributed by atoms with van der Waals surface area (Å²) in [5, 5.41) is 0. The molecule has 0 aromatic rings. The zero-order valence-electron chi connectivity index (χ0n) is 16.2. The van der Waals surface area contributed by atoms with E-state index in [0.29, 0.717) is 0 Å². The Morgan fingerprint density at radius 3 is 1.42 bits per heavy atom. The maximum absolute atomic E-state index is 1.62. The lowest BCUT2D eigenvalue weighted by atomic mass is 9.64. The summed E-state index contributed by atoms with van der Waals surface area (Å²) in [6.07, 6.45) is 28.4. The Bertz CT molecular complexity index is 352. The molecule has 6 saturated carbocycles. The van der Waals surface area contributed by atoms with Gasteiger partial charge in [0.05, 0.1) is 0 Å². The van der Waals surface area contributed by atoms with Crippen LogP contribution in [0.5, 0.6) is 0 Å². The number of hydrogen-bond acceptors (Lipinski definition) is 0. The summed E-state index contributed by atoms with van der Waals surface area (Å²) in [4.78, 5) is 0. The van der Waals surface area contributed by atoms with Gasteiger partial charge in [0.2, 0.25) is 0 Å². The smallest absolute Gasteiger partial charge is 0.0357 e. The molecule has 4 bridgehead atoms. The summed E-state index contributed by atoms with van der Waals surface area (Å²) >= 11 is 0. The van der Waals surface area contributed by atoms with Crippen LogP contribution < -0.4 is 0 Å². The number of hydrogen-bond donors (Lipinski definition) is 0. The zero-order valence-corrected chi connectivity index (χ0v) is 16.2. The highest BCUT2D eigenvalue weighted by molar-refractivity contribution is 4.86. The highest BCUT2D eigenvalue weighted by Crippen LogP contribution is 2.46. The van der Waals surface area contributed by atoms with E-state index in [4.69, 9.17) is 0 Å². The Labute approximate surface area is 151 Å². The second-order valence-electron chi connectivity index (χ2n) is 10.2. The van der Waals surface area contributed by atoms with Gasteiger partial charge in [-0.1, -0.05) is 103 Å². The summed E-state index contributed by atoms with van der Waals surface area (Å²) in [5.41, 5.74) is 0. The van der Waals surface area contributed by atoms with E-state index in [2.05, 4.69) is 0 Å². The quantitative estimate of drug-likeness (QED) is 0.461. The van der Waals surface area contributed by atoms with Crippen LogP contribution in [0.1, 0.15) is 116 Å². The molecule has 0 N–H and O–H groups in total. The monoisotopic (exact) mass is 330 g/mol. The molecule has 0 amide bonds. The van der Waals surface area contributed by atoms with Gasteiger partial charge in [-0.2, -0.15) is 0 Å². The third kappa shape index (κ3) is 4.39. The minimum absolute atomic E-state index is 1.10. The summed E-state index contributed by atoms with van der Waals surface area (Å²) in [5.74, 6) is 6.63. The summed E-state index contributed by atoms with van der Waals surface area (Å²) < 4.78 is 0. The van der Waals surface area contributed by atoms with Crippen molar-refractivity contribution >= 4 is 0 Å². The predicted octanol–water partition coefficient (Wildman–Crippen LogP) is 7.76. The van der Waals surface area contributed by atoms with Crippen LogP contribution in [0.15, 0.2) is 0 Å². The van der Waals surface area contributed by atoms with Crippen molar-refractivity contribution in [1.29, 1.82) is 0 Å². The molecular weight excluding hydrogens is 288 g/mol. The Hall–Kier alpha value is 0. The molecule has 0 heterocycles. The molecule has 0 heteroatoms. The molecule has 0 saturated heterocycles. The van der Waals surface area contributed by atoms with E-state index in [1.54, 1.807) is 116 Å². The maximum Gasteiger partial charge on any atom is -0.0357 e. The van der Waals surface area contributed by atoms with Crippen LogP contribution in [-0.2, 0) is 0 Å². The van der Waals surface area contributed by atoms with Gasteiger partial charge < -0.3 is 0 Å². The van der Waals surface area contributed by atoms with E-state index in [-0.39, 0.29) is 0 Å². The van der Waals surface area contributed by atoms with Crippen molar-refractivity contribution in [3.8, 4) is 0 Å². The molecule has 0 spiro atoms. The number of rotatable bonds is 1. The molecule has 6 fully saturated rings. The average molecular weight is 331 g/mol. The lowest BCUT2D eigenvalue weighted by molar-refractivity contribution is 0.0946. The van der Waals surface area contributed by atoms with Crippen molar-refractivity contribution in [2.45, 2.75) is 116 Å². The van der Waals surface area contributed by atoms with Crippen LogP contribution in [0, 0.1) is 35.5 Å². The molecule has 6 aliphatic rings. The van der Waals surface area contributed by atoms with Crippen molar-refractivity contribution in [3.05, 3.63) is 0 Å². The standard InChI is InChI=1S/C24H42/c1-6-19-7-2-12-21(11-1)18-23(15-5-8-19)24-17-16-20-9-3-13-22(24)14-4-10-20/h19-24H,1-18H2. The third-order valence-corrected chi connectivity index (χ3v) is 8.77. The van der Waals surface area contributed by atoms with Crippen LogP contribution in [0.2, 0.25) is 0 Å². The lowest BCUT2D eigenvalue weighted by Crippen LogP contribution is -2.31. The van der Waals surface area contributed by atoms with Crippen LogP contribution in [-0.4, -0.2) is 0 Å². The van der Waals surface area contributed by atoms with E-state index in [9.17, 15) is 0 Å². The van der Waals surface area contributed by atoms with E-state index in [1.807, 2.05) is 0 Å². The normalized spacial score (nSPS) is 45.0. The van der Waals surface area contributed by atoms with E-state index >= 15 is 0 Å². The van der Waals surface area contributed by atoms with Crippen molar-refractivity contribution in [3.63, 3.8) is 0 Å². The summed E-state index contributed by atoms with van der Waals surface area (Å²) in [6, 6.07) is 0. The zero-order chi connectivity index (χ0) is 16.2. The van der Waals surface area contributed by atoms with Crippen molar-refractivity contribution < 1.29 is 0 Å². The molecule has 24 heavy (non-hydrogen) atoms. The van der Waals surface area contributed by atoms with Gasteiger partial charge in [-0.05, 0) is 48.3 Å². The minimum atomic E-state index is 1.10. The predicted molar refractivity (Wildman–Crippen MR) is 104 cm³/mol. The number of fused-ring (bicyclic) bond motifs is 15. The second-order valence-corrected chi connectivity index (χ2v) is 10.2. The Morgan fingerprint density at radius 2 is 0.792 bits per heavy atom. The Morgan fingerprint density at radius 1 is 0.333 bits per heavy atom. The fraction of sp³-hybridized carbons (Fsp3) is 1.00. The van der Waals surface area contributed by atoms with Crippen molar-refractivity contribution in [1.82, 2.24) is 0 Å². The van der Waals surface area contributed by atoms with Gasteiger partial charge in [0, 0.05) is 0 Å². The lowest BCUT2D eigenvalue weighted by Gasteiger charge is -2.42. The molecule has 0 aliphatic heterocycles.